The molecule has 4 rings (SSSR count). The third kappa shape index (κ3) is 5.91. The van der Waals surface area contributed by atoms with Gasteiger partial charge in [0.05, 0.1) is 11.4 Å². The number of carboxylic acids is 1. The van der Waals surface area contributed by atoms with Gasteiger partial charge in [-0.15, -0.1) is 0 Å². The molecule has 196 valence electrons. The van der Waals surface area contributed by atoms with E-state index in [1.165, 1.54) is 22.8 Å². The van der Waals surface area contributed by atoms with Crippen molar-refractivity contribution >= 4 is 22.9 Å². The molecular weight excluding hydrogens is 490 g/mol. The molecule has 37 heavy (non-hydrogen) atoms. The van der Waals surface area contributed by atoms with Crippen LogP contribution < -0.4 is 10.9 Å². The van der Waals surface area contributed by atoms with Crippen molar-refractivity contribution in [2.45, 2.75) is 32.0 Å². The fourth-order valence-electron chi connectivity index (χ4n) is 5.00. The maximum atomic E-state index is 14.2. The molecule has 1 aliphatic heterocycles. The van der Waals surface area contributed by atoms with Crippen molar-refractivity contribution in [3.63, 3.8) is 0 Å². The average Bonchev–Trinajstić information content (AvgIpc) is 2.83. The van der Waals surface area contributed by atoms with E-state index in [1.807, 2.05) is 4.90 Å². The van der Waals surface area contributed by atoms with Gasteiger partial charge in [0.2, 0.25) is 0 Å². The first-order valence-electron chi connectivity index (χ1n) is 12.0. The van der Waals surface area contributed by atoms with Crippen LogP contribution in [0.1, 0.15) is 18.9 Å². The Morgan fingerprint density at radius 1 is 1.05 bits per heavy atom. The number of hydrogen-bond acceptors (Lipinski definition) is 4. The lowest BCUT2D eigenvalue weighted by Crippen LogP contribution is -2.57. The van der Waals surface area contributed by atoms with Crippen molar-refractivity contribution in [1.82, 2.24) is 14.8 Å². The first-order chi connectivity index (χ1) is 17.7. The summed E-state index contributed by atoms with van der Waals surface area (Å²) in [5.74, 6) is -4.41. The molecule has 0 bridgehead atoms. The molecular formula is C27H27F4N3O3. The van der Waals surface area contributed by atoms with Crippen LogP contribution in [0.3, 0.4) is 0 Å². The number of aliphatic carboxylic acids is 1. The van der Waals surface area contributed by atoms with E-state index in [0.29, 0.717) is 19.5 Å². The molecule has 0 amide bonds. The van der Waals surface area contributed by atoms with Crippen LogP contribution >= 0.6 is 0 Å². The number of piperidine rings is 1. The van der Waals surface area contributed by atoms with E-state index in [4.69, 9.17) is 0 Å². The lowest BCUT2D eigenvalue weighted by Gasteiger charge is -2.42. The second-order valence-electron chi connectivity index (χ2n) is 9.16. The molecule has 0 saturated carbocycles. The average molecular weight is 518 g/mol. The van der Waals surface area contributed by atoms with E-state index in [2.05, 4.69) is 5.32 Å². The second-order valence-corrected chi connectivity index (χ2v) is 9.16. The van der Waals surface area contributed by atoms with Crippen molar-refractivity contribution in [1.29, 1.82) is 0 Å². The third-order valence-electron chi connectivity index (χ3n) is 6.93. The van der Waals surface area contributed by atoms with E-state index in [-0.39, 0.29) is 35.6 Å². The van der Waals surface area contributed by atoms with E-state index in [9.17, 15) is 32.3 Å². The lowest BCUT2D eigenvalue weighted by molar-refractivity contribution is -0.147. The summed E-state index contributed by atoms with van der Waals surface area (Å²) in [6, 6.07) is 6.82. The van der Waals surface area contributed by atoms with Crippen LogP contribution in [0.15, 0.2) is 53.3 Å². The lowest BCUT2D eigenvalue weighted by atomic mass is 9.85. The summed E-state index contributed by atoms with van der Waals surface area (Å²) in [5.41, 5.74) is -0.160. The molecule has 6 nitrogen and oxygen atoms in total. The summed E-state index contributed by atoms with van der Waals surface area (Å²) < 4.78 is 56.4. The van der Waals surface area contributed by atoms with Crippen molar-refractivity contribution in [2.24, 2.45) is 5.92 Å². The summed E-state index contributed by atoms with van der Waals surface area (Å²) in [5, 5.41) is 13.2. The number of halogens is 4. The van der Waals surface area contributed by atoms with Gasteiger partial charge in [-0.2, -0.15) is 0 Å². The molecule has 10 heteroatoms. The van der Waals surface area contributed by atoms with Crippen LogP contribution in [-0.4, -0.2) is 52.3 Å². The van der Waals surface area contributed by atoms with Gasteiger partial charge >= 0.3 is 5.97 Å². The standard InChI is InChI=1S/C27H27F4N3O3/c1-16-26(27(36)37)23(32-9-2-3-17-13-18(28)4-6-21(17)30)8-10-33(16)11-12-34-24-15-19(29)14-22(31)20(24)5-7-25(34)35/h2-7,13-16,23,26,32H,8-12H2,1H3,(H,36,37)/t16?,23-,26+/m1/s1. The number of carboxylic acid groups (broad SMARTS) is 1. The molecule has 2 N–H and O–H groups in total. The molecule has 0 aliphatic carbocycles. The summed E-state index contributed by atoms with van der Waals surface area (Å²) in [6.07, 6.45) is 3.55. The van der Waals surface area contributed by atoms with Gasteiger partial charge in [-0.1, -0.05) is 12.2 Å². The predicted octanol–water partition coefficient (Wildman–Crippen LogP) is 4.02. The molecule has 1 unspecified atom stereocenters. The summed E-state index contributed by atoms with van der Waals surface area (Å²) in [7, 11) is 0. The van der Waals surface area contributed by atoms with Gasteiger partial charge in [-0.25, -0.2) is 17.6 Å². The van der Waals surface area contributed by atoms with Gasteiger partial charge < -0.3 is 15.0 Å². The summed E-state index contributed by atoms with van der Waals surface area (Å²) in [6.45, 7) is 3.03. The van der Waals surface area contributed by atoms with E-state index >= 15 is 0 Å². The Kier molecular flexibility index (Phi) is 8.09. The monoisotopic (exact) mass is 517 g/mol. The molecule has 3 aromatic rings. The first kappa shape index (κ1) is 26.6. The molecule has 1 aromatic heterocycles. The quantitative estimate of drug-likeness (QED) is 0.442. The molecule has 1 fully saturated rings. The number of nitrogens with zero attached hydrogens (tertiary/aromatic N) is 2. The van der Waals surface area contributed by atoms with E-state index < -0.39 is 46.8 Å². The zero-order valence-corrected chi connectivity index (χ0v) is 20.1. The molecule has 3 atom stereocenters. The fraction of sp³-hybridized carbons (Fsp3) is 0.333. The molecule has 2 aromatic carbocycles. The Labute approximate surface area is 210 Å². The Hall–Kier alpha value is -3.50. The Morgan fingerprint density at radius 3 is 2.59 bits per heavy atom. The Balaban J connectivity index is 1.42. The zero-order valence-electron chi connectivity index (χ0n) is 20.1. The van der Waals surface area contributed by atoms with E-state index in [1.54, 1.807) is 13.0 Å². The van der Waals surface area contributed by atoms with Crippen LogP contribution in [0.25, 0.3) is 17.0 Å². The van der Waals surface area contributed by atoms with Crippen LogP contribution in [0, 0.1) is 29.2 Å². The summed E-state index contributed by atoms with van der Waals surface area (Å²) >= 11 is 0. The minimum atomic E-state index is -0.985. The highest BCUT2D eigenvalue weighted by molar-refractivity contribution is 5.79. The number of benzene rings is 2. The van der Waals surface area contributed by atoms with Gasteiger partial charge in [0, 0.05) is 61.3 Å². The van der Waals surface area contributed by atoms with Crippen molar-refractivity contribution in [3.05, 3.63) is 87.7 Å². The molecule has 2 heterocycles. The third-order valence-corrected chi connectivity index (χ3v) is 6.93. The number of carbonyl (C=O) groups is 1. The van der Waals surface area contributed by atoms with Crippen LogP contribution in [0.5, 0.6) is 0 Å². The van der Waals surface area contributed by atoms with Crippen molar-refractivity contribution in [3.8, 4) is 0 Å². The van der Waals surface area contributed by atoms with Gasteiger partial charge in [0.1, 0.15) is 23.3 Å². The number of aromatic nitrogens is 1. The highest BCUT2D eigenvalue weighted by Gasteiger charge is 2.39. The Morgan fingerprint density at radius 2 is 1.84 bits per heavy atom. The molecule has 0 radical (unpaired) electrons. The number of likely N-dealkylation sites (tertiary alicyclic amines) is 1. The largest absolute Gasteiger partial charge is 0.481 e. The second kappa shape index (κ2) is 11.3. The van der Waals surface area contributed by atoms with Crippen molar-refractivity contribution in [2.75, 3.05) is 19.6 Å². The number of fused-ring (bicyclic) bond motifs is 1. The van der Waals surface area contributed by atoms with Gasteiger partial charge in [0.15, 0.2) is 0 Å². The van der Waals surface area contributed by atoms with Crippen LogP contribution in [0.4, 0.5) is 17.6 Å². The number of rotatable bonds is 8. The minimum Gasteiger partial charge on any atom is -0.481 e. The molecule has 0 spiro atoms. The maximum Gasteiger partial charge on any atom is 0.309 e. The normalized spacial score (nSPS) is 20.6. The Bertz CT molecular complexity index is 1390. The fourth-order valence-corrected chi connectivity index (χ4v) is 5.00. The number of hydrogen-bond donors (Lipinski definition) is 2. The molecule has 1 aliphatic rings. The number of nitrogens with one attached hydrogen (secondary N) is 1. The highest BCUT2D eigenvalue weighted by atomic mass is 19.1. The summed E-state index contributed by atoms with van der Waals surface area (Å²) in [4.78, 5) is 26.5. The van der Waals surface area contributed by atoms with Crippen molar-refractivity contribution < 1.29 is 27.5 Å². The highest BCUT2D eigenvalue weighted by Crippen LogP contribution is 2.25. The topological polar surface area (TPSA) is 74.6 Å². The predicted molar refractivity (Wildman–Crippen MR) is 132 cm³/mol. The molecule has 1 saturated heterocycles. The SMILES string of the molecule is CC1[C@H](C(=O)O)[C@H](NCC=Cc2cc(F)ccc2F)CCN1CCn1c(=O)ccc2c(F)cc(F)cc21. The van der Waals surface area contributed by atoms with Crippen LogP contribution in [-0.2, 0) is 11.3 Å². The van der Waals surface area contributed by atoms with E-state index in [0.717, 1.165) is 30.3 Å². The van der Waals surface area contributed by atoms with Gasteiger partial charge in [-0.05, 0) is 43.7 Å². The maximum absolute atomic E-state index is 14.2. The zero-order chi connectivity index (χ0) is 26.7. The first-order valence-corrected chi connectivity index (χ1v) is 12.0. The van der Waals surface area contributed by atoms with Gasteiger partial charge in [0.25, 0.3) is 5.56 Å². The van der Waals surface area contributed by atoms with Crippen LogP contribution in [0.2, 0.25) is 0 Å². The van der Waals surface area contributed by atoms with Gasteiger partial charge in [-0.3, -0.25) is 14.5 Å². The smallest absolute Gasteiger partial charge is 0.309 e. The number of pyridine rings is 1. The minimum absolute atomic E-state index is 0.100.